The molecule has 1 spiro atoms. The Labute approximate surface area is 234 Å². The minimum Gasteiger partial charge on any atom is -0.504 e. The Bertz CT molecular complexity index is 1350. The van der Waals surface area contributed by atoms with Gasteiger partial charge in [0.05, 0.1) is 6.04 Å². The lowest BCUT2D eigenvalue weighted by Gasteiger charge is -2.60. The summed E-state index contributed by atoms with van der Waals surface area (Å²) in [5.41, 5.74) is 1.57. The number of ether oxygens (including phenoxy) is 2. The largest absolute Gasteiger partial charge is 0.504 e. The number of hydrogen-bond acceptors (Lipinski definition) is 7. The van der Waals surface area contributed by atoms with Gasteiger partial charge in [0.2, 0.25) is 5.91 Å². The van der Waals surface area contributed by atoms with Crippen LogP contribution in [0.25, 0.3) is 6.08 Å². The van der Waals surface area contributed by atoms with Gasteiger partial charge < -0.3 is 19.5 Å². The highest BCUT2D eigenvalue weighted by Crippen LogP contribution is 2.65. The van der Waals surface area contributed by atoms with E-state index in [4.69, 9.17) is 9.47 Å². The molecule has 0 radical (unpaired) electrons. The van der Waals surface area contributed by atoms with E-state index in [2.05, 4.69) is 27.4 Å². The summed E-state index contributed by atoms with van der Waals surface area (Å²) in [6, 6.07) is 3.59. The van der Waals surface area contributed by atoms with Gasteiger partial charge in [-0.2, -0.15) is 0 Å². The van der Waals surface area contributed by atoms with Gasteiger partial charge in [-0.3, -0.25) is 14.5 Å². The maximum Gasteiger partial charge on any atom is 0.308 e. The van der Waals surface area contributed by atoms with Crippen molar-refractivity contribution in [3.8, 4) is 17.2 Å². The Hall–Kier alpha value is -2.62. The monoisotopic (exact) mass is 598 g/mol. The highest BCUT2D eigenvalue weighted by Gasteiger charge is 2.66. The number of phenols is 1. The molecule has 3 heterocycles. The quantitative estimate of drug-likeness (QED) is 0.220. The van der Waals surface area contributed by atoms with Crippen LogP contribution in [0.15, 0.2) is 40.7 Å². The number of benzene rings is 1. The van der Waals surface area contributed by atoms with Gasteiger partial charge in [0.25, 0.3) is 0 Å². The first-order chi connectivity index (χ1) is 18.2. The number of phenolic OH excluding ortho intramolecular Hbond substituents is 1. The minimum absolute atomic E-state index is 0.00889. The van der Waals surface area contributed by atoms with Crippen molar-refractivity contribution in [2.45, 2.75) is 56.2 Å². The second-order valence-electron chi connectivity index (χ2n) is 10.8. The van der Waals surface area contributed by atoms with Crippen molar-refractivity contribution in [3.63, 3.8) is 0 Å². The molecular weight excluding hydrogens is 568 g/mol. The number of amides is 1. The number of esters is 1. The number of carbonyl (C=O) groups excluding carboxylic acids is 2. The van der Waals surface area contributed by atoms with Gasteiger partial charge in [0, 0.05) is 70.0 Å². The SMILES string of the molecule is C=CCN1CC[C@]23c4c5c(OC(C)=O)cc(O)c4O[C@H]2[C@@H](N(C)C(=O)/C=C/c2cc(Br)cs2)CC[C@H]3[C@H]1C5. The fraction of sp³-hybridized carbons (Fsp3) is 0.448. The van der Waals surface area contributed by atoms with E-state index in [1.807, 2.05) is 35.5 Å². The molecule has 1 aromatic heterocycles. The highest BCUT2D eigenvalue weighted by molar-refractivity contribution is 9.10. The summed E-state index contributed by atoms with van der Waals surface area (Å²) in [4.78, 5) is 30.6. The van der Waals surface area contributed by atoms with Crippen molar-refractivity contribution in [2.24, 2.45) is 5.92 Å². The lowest BCUT2D eigenvalue weighted by molar-refractivity contribution is -0.135. The molecule has 38 heavy (non-hydrogen) atoms. The molecule has 1 aromatic carbocycles. The molecule has 6 rings (SSSR count). The van der Waals surface area contributed by atoms with E-state index in [-0.39, 0.29) is 35.3 Å². The third-order valence-electron chi connectivity index (χ3n) is 8.93. The summed E-state index contributed by atoms with van der Waals surface area (Å²) in [5, 5.41) is 13.0. The van der Waals surface area contributed by atoms with Crippen LogP contribution in [0.5, 0.6) is 17.2 Å². The molecule has 2 aliphatic heterocycles. The zero-order valence-corrected chi connectivity index (χ0v) is 23.9. The van der Waals surface area contributed by atoms with E-state index >= 15 is 0 Å². The van der Waals surface area contributed by atoms with Crippen molar-refractivity contribution in [3.05, 3.63) is 56.7 Å². The zero-order valence-electron chi connectivity index (χ0n) is 21.5. The summed E-state index contributed by atoms with van der Waals surface area (Å²) in [6.07, 6.45) is 8.45. The van der Waals surface area contributed by atoms with Crippen molar-refractivity contribution >= 4 is 45.2 Å². The third kappa shape index (κ3) is 3.85. The summed E-state index contributed by atoms with van der Waals surface area (Å²) in [5.74, 6) is 0.716. The number of hydrogen-bond donors (Lipinski definition) is 1. The fourth-order valence-electron chi connectivity index (χ4n) is 7.53. The van der Waals surface area contributed by atoms with E-state index in [9.17, 15) is 14.7 Å². The van der Waals surface area contributed by atoms with E-state index in [1.54, 1.807) is 17.4 Å². The van der Waals surface area contributed by atoms with Crippen LogP contribution in [0.3, 0.4) is 0 Å². The van der Waals surface area contributed by atoms with Crippen LogP contribution in [0.4, 0.5) is 0 Å². The number of aromatic hydroxyl groups is 1. The van der Waals surface area contributed by atoms with Gasteiger partial charge in [-0.25, -0.2) is 0 Å². The molecule has 1 saturated heterocycles. The van der Waals surface area contributed by atoms with Gasteiger partial charge in [0.15, 0.2) is 11.5 Å². The molecule has 1 amide bonds. The summed E-state index contributed by atoms with van der Waals surface area (Å²) in [6.45, 7) is 7.02. The lowest BCUT2D eigenvalue weighted by atomic mass is 9.51. The van der Waals surface area contributed by atoms with Crippen molar-refractivity contribution in [2.75, 3.05) is 20.1 Å². The van der Waals surface area contributed by atoms with Gasteiger partial charge in [0.1, 0.15) is 11.9 Å². The molecule has 1 saturated carbocycles. The van der Waals surface area contributed by atoms with Gasteiger partial charge >= 0.3 is 5.97 Å². The van der Waals surface area contributed by atoms with E-state index in [0.717, 1.165) is 59.2 Å². The predicted molar refractivity (Wildman–Crippen MR) is 150 cm³/mol. The second-order valence-corrected chi connectivity index (χ2v) is 12.6. The standard InChI is InChI=1S/C29H31BrN2O5S/c1-4-10-32-11-9-29-20-6-7-21(31(3)25(35)8-5-18-12-17(30)15-38-18)28(29)37-27-23(34)14-24(36-16(2)33)19(26(27)29)13-22(20)32/h4-5,8,12,14-15,20-22,28,34H,1,6-7,9-11,13H2,2-3H3/b8-5+/t20-,21-,22+,28-,29-/m0/s1. The molecular formula is C29H31BrN2O5S. The Morgan fingerprint density at radius 3 is 2.92 bits per heavy atom. The Morgan fingerprint density at radius 2 is 2.21 bits per heavy atom. The number of halogens is 1. The van der Waals surface area contributed by atoms with Crippen molar-refractivity contribution in [1.29, 1.82) is 0 Å². The smallest absolute Gasteiger partial charge is 0.308 e. The molecule has 9 heteroatoms. The number of piperidine rings is 1. The molecule has 4 aliphatic rings. The van der Waals surface area contributed by atoms with Gasteiger partial charge in [-0.1, -0.05) is 6.08 Å². The first kappa shape index (κ1) is 25.6. The maximum atomic E-state index is 13.3. The summed E-state index contributed by atoms with van der Waals surface area (Å²) >= 11 is 5.04. The molecule has 2 aromatic rings. The Morgan fingerprint density at radius 1 is 1.39 bits per heavy atom. The third-order valence-corrected chi connectivity index (χ3v) is 10.6. The summed E-state index contributed by atoms with van der Waals surface area (Å²) < 4.78 is 13.3. The predicted octanol–water partition coefficient (Wildman–Crippen LogP) is 4.91. The van der Waals surface area contributed by atoms with Crippen LogP contribution in [0.1, 0.15) is 42.2 Å². The average Bonchev–Trinajstić information content (AvgIpc) is 3.45. The molecule has 5 atom stereocenters. The maximum absolute atomic E-state index is 13.3. The fourth-order valence-corrected chi connectivity index (χ4v) is 8.87. The van der Waals surface area contributed by atoms with Crippen molar-refractivity contribution < 1.29 is 24.2 Å². The number of rotatable bonds is 6. The first-order valence-corrected chi connectivity index (χ1v) is 14.7. The lowest BCUT2D eigenvalue weighted by Crippen LogP contribution is -2.68. The highest BCUT2D eigenvalue weighted by atomic mass is 79.9. The topological polar surface area (TPSA) is 79.3 Å². The molecule has 1 N–H and O–H groups in total. The van der Waals surface area contributed by atoms with Crippen LogP contribution in [-0.4, -0.2) is 65.1 Å². The number of likely N-dealkylation sites (N-methyl/N-ethyl adjacent to an activating group) is 1. The van der Waals surface area contributed by atoms with Crippen LogP contribution in [0.2, 0.25) is 0 Å². The molecule has 2 bridgehead atoms. The molecule has 2 aliphatic carbocycles. The number of likely N-dealkylation sites (tertiary alicyclic amines) is 1. The molecule has 200 valence electrons. The normalized spacial score (nSPS) is 29.0. The van der Waals surface area contributed by atoms with E-state index in [0.29, 0.717) is 17.4 Å². The van der Waals surface area contributed by atoms with Crippen molar-refractivity contribution in [1.82, 2.24) is 9.80 Å². The van der Waals surface area contributed by atoms with Crippen LogP contribution in [-0.2, 0) is 21.4 Å². The number of nitrogens with zero attached hydrogens (tertiary/aromatic N) is 2. The molecule has 2 fully saturated rings. The zero-order chi connectivity index (χ0) is 26.8. The Balaban J connectivity index is 1.41. The van der Waals surface area contributed by atoms with E-state index in [1.165, 1.54) is 13.0 Å². The first-order valence-electron chi connectivity index (χ1n) is 13.0. The van der Waals surface area contributed by atoms with Crippen LogP contribution in [0, 0.1) is 5.92 Å². The van der Waals surface area contributed by atoms with Gasteiger partial charge in [-0.15, -0.1) is 17.9 Å². The molecule has 7 nitrogen and oxygen atoms in total. The van der Waals surface area contributed by atoms with Crippen LogP contribution < -0.4 is 9.47 Å². The minimum atomic E-state index is -0.416. The summed E-state index contributed by atoms with van der Waals surface area (Å²) in [7, 11) is 1.85. The van der Waals surface area contributed by atoms with Gasteiger partial charge in [-0.05, 0) is 66.2 Å². The van der Waals surface area contributed by atoms with Crippen LogP contribution >= 0.6 is 27.3 Å². The average molecular weight is 600 g/mol. The number of thiophene rings is 1. The number of carbonyl (C=O) groups is 2. The second kappa shape index (κ2) is 9.54. The molecule has 0 unspecified atom stereocenters. The Kier molecular flexibility index (Phi) is 6.44. The van der Waals surface area contributed by atoms with E-state index < -0.39 is 5.97 Å².